The molecule has 0 atom stereocenters. The molecule has 0 N–H and O–H groups in total. The summed E-state index contributed by atoms with van der Waals surface area (Å²) >= 11 is 0. The quantitative estimate of drug-likeness (QED) is 0.166. The number of hydrogen-bond donors (Lipinski definition) is 0. The van der Waals surface area contributed by atoms with Gasteiger partial charge in [0.15, 0.2) is 5.58 Å². The molecular formula is C56H50BNO2. The standard InChI is InChI=1S/C56H50BNO2/c1-33-30-45-42(38-16-10-12-19-43(38)55(45,6)7)32-41(33)52-34(2)57-47-29-28-37(31-46(47)56(8,9)44-20-15-23-50(60-52)51(44)57)58(36-26-24-35(25-27-36)54(3,4)5)48-21-14-18-40-39-17-11-13-22-49(39)59-53(40)48/h10-32H,1-9H3. The molecule has 0 saturated carbocycles. The van der Waals surface area contributed by atoms with E-state index >= 15 is 0 Å². The Kier molecular flexibility index (Phi) is 7.75. The van der Waals surface area contributed by atoms with Crippen LogP contribution >= 0.6 is 0 Å². The van der Waals surface area contributed by atoms with Crippen molar-refractivity contribution in [3.63, 3.8) is 0 Å². The first-order valence-electron chi connectivity index (χ1n) is 21.5. The third kappa shape index (κ3) is 5.16. The number of anilines is 3. The van der Waals surface area contributed by atoms with Crippen LogP contribution < -0.4 is 20.6 Å². The maximum absolute atomic E-state index is 7.10. The Morgan fingerprint density at radius 3 is 2.05 bits per heavy atom. The van der Waals surface area contributed by atoms with Gasteiger partial charge in [0.25, 0.3) is 0 Å². The summed E-state index contributed by atoms with van der Waals surface area (Å²) in [5.74, 6) is 1.93. The highest BCUT2D eigenvalue weighted by Gasteiger charge is 2.46. The molecule has 60 heavy (non-hydrogen) atoms. The molecule has 0 bridgehead atoms. The lowest BCUT2D eigenvalue weighted by atomic mass is 9.30. The summed E-state index contributed by atoms with van der Waals surface area (Å²) in [5, 5.41) is 2.24. The van der Waals surface area contributed by atoms with Gasteiger partial charge in [-0.25, -0.2) is 0 Å². The Morgan fingerprint density at radius 1 is 0.567 bits per heavy atom. The second-order valence-electron chi connectivity index (χ2n) is 19.4. The Morgan fingerprint density at radius 2 is 1.25 bits per heavy atom. The summed E-state index contributed by atoms with van der Waals surface area (Å²) in [5.41, 5.74) is 20.3. The Bertz CT molecular complexity index is 3140. The highest BCUT2D eigenvalue weighted by Crippen LogP contribution is 2.51. The summed E-state index contributed by atoms with van der Waals surface area (Å²) in [6, 6.07) is 51.5. The molecule has 3 heterocycles. The van der Waals surface area contributed by atoms with E-state index < -0.39 is 0 Å². The molecule has 11 rings (SSSR count). The minimum absolute atomic E-state index is 0.0392. The monoisotopic (exact) mass is 779 g/mol. The van der Waals surface area contributed by atoms with Gasteiger partial charge in [0.1, 0.15) is 17.1 Å². The molecule has 3 aliphatic rings. The van der Waals surface area contributed by atoms with Gasteiger partial charge in [-0.05, 0) is 118 Å². The van der Waals surface area contributed by atoms with Gasteiger partial charge in [-0.15, -0.1) is 0 Å². The minimum Gasteiger partial charge on any atom is -0.458 e. The van der Waals surface area contributed by atoms with Crippen LogP contribution in [0.1, 0.15) is 94.3 Å². The maximum Gasteiger partial charge on any atom is 0.246 e. The fourth-order valence-corrected chi connectivity index (χ4v) is 10.8. The van der Waals surface area contributed by atoms with Crippen LogP contribution in [0.4, 0.5) is 17.1 Å². The highest BCUT2D eigenvalue weighted by molar-refractivity contribution is 6.93. The van der Waals surface area contributed by atoms with Crippen molar-refractivity contribution in [3.05, 3.63) is 184 Å². The number of benzene rings is 7. The number of rotatable bonds is 4. The van der Waals surface area contributed by atoms with E-state index in [4.69, 9.17) is 9.15 Å². The lowest BCUT2D eigenvalue weighted by molar-refractivity contribution is 0.509. The first-order valence-corrected chi connectivity index (χ1v) is 21.5. The van der Waals surface area contributed by atoms with Gasteiger partial charge in [-0.1, -0.05) is 150 Å². The molecule has 0 amide bonds. The molecule has 2 aliphatic heterocycles. The normalized spacial score (nSPS) is 15.7. The van der Waals surface area contributed by atoms with Gasteiger partial charge < -0.3 is 14.1 Å². The van der Waals surface area contributed by atoms with Crippen LogP contribution in [0.5, 0.6) is 5.75 Å². The molecule has 7 aromatic carbocycles. The number of fused-ring (bicyclic) bond motifs is 8. The molecule has 1 aliphatic carbocycles. The van der Waals surface area contributed by atoms with Crippen molar-refractivity contribution in [3.8, 4) is 16.9 Å². The van der Waals surface area contributed by atoms with Crippen LogP contribution in [-0.2, 0) is 16.2 Å². The van der Waals surface area contributed by atoms with E-state index in [2.05, 4.69) is 201 Å². The van der Waals surface area contributed by atoms with Gasteiger partial charge in [-0.3, -0.25) is 0 Å². The van der Waals surface area contributed by atoms with Crippen molar-refractivity contribution in [2.45, 2.75) is 78.6 Å². The fraction of sp³-hybridized carbons (Fsp3) is 0.214. The fourth-order valence-electron chi connectivity index (χ4n) is 10.8. The molecule has 0 fully saturated rings. The van der Waals surface area contributed by atoms with Gasteiger partial charge in [-0.2, -0.15) is 0 Å². The third-order valence-electron chi connectivity index (χ3n) is 14.1. The molecule has 8 aromatic rings. The zero-order valence-electron chi connectivity index (χ0n) is 36.1. The van der Waals surface area contributed by atoms with Crippen LogP contribution in [0.2, 0.25) is 0 Å². The number of nitrogens with zero attached hydrogens (tertiary/aromatic N) is 1. The van der Waals surface area contributed by atoms with Gasteiger partial charge in [0.05, 0.1) is 5.69 Å². The van der Waals surface area contributed by atoms with E-state index in [1.54, 1.807) is 0 Å². The molecule has 0 radical (unpaired) electrons. The van der Waals surface area contributed by atoms with Crippen molar-refractivity contribution >= 4 is 62.4 Å². The summed E-state index contributed by atoms with van der Waals surface area (Å²) in [7, 11) is 0. The first kappa shape index (κ1) is 36.8. The number of para-hydroxylation sites is 2. The van der Waals surface area contributed by atoms with Crippen LogP contribution in [0, 0.1) is 6.92 Å². The molecule has 0 unspecified atom stereocenters. The van der Waals surface area contributed by atoms with E-state index in [1.807, 2.05) is 6.07 Å². The highest BCUT2D eigenvalue weighted by atomic mass is 16.5. The lowest BCUT2D eigenvalue weighted by Gasteiger charge is -2.42. The molecule has 3 nitrogen and oxygen atoms in total. The molecular weight excluding hydrogens is 729 g/mol. The number of aryl methyl sites for hydroxylation is 1. The second kappa shape index (κ2) is 12.6. The van der Waals surface area contributed by atoms with E-state index in [1.165, 1.54) is 66.5 Å². The van der Waals surface area contributed by atoms with Crippen LogP contribution in [0.25, 0.3) is 38.8 Å². The molecule has 0 spiro atoms. The third-order valence-corrected chi connectivity index (χ3v) is 14.1. The maximum atomic E-state index is 7.10. The Labute approximate surface area is 354 Å². The molecule has 1 aromatic heterocycles. The van der Waals surface area contributed by atoms with Crippen molar-refractivity contribution in [2.75, 3.05) is 4.90 Å². The van der Waals surface area contributed by atoms with E-state index in [0.717, 1.165) is 50.5 Å². The largest absolute Gasteiger partial charge is 0.458 e. The topological polar surface area (TPSA) is 25.6 Å². The summed E-state index contributed by atoms with van der Waals surface area (Å²) in [6.45, 7) is 20.9. The van der Waals surface area contributed by atoms with Crippen LogP contribution in [-0.4, -0.2) is 6.71 Å². The number of hydrogen-bond acceptors (Lipinski definition) is 3. The molecule has 0 saturated heterocycles. The van der Waals surface area contributed by atoms with E-state index in [0.29, 0.717) is 0 Å². The Hall–Kier alpha value is -6.26. The van der Waals surface area contributed by atoms with Crippen molar-refractivity contribution in [2.24, 2.45) is 0 Å². The zero-order valence-corrected chi connectivity index (χ0v) is 36.1. The van der Waals surface area contributed by atoms with E-state index in [-0.39, 0.29) is 23.0 Å². The number of furan rings is 1. The summed E-state index contributed by atoms with van der Waals surface area (Å²) in [4.78, 5) is 2.39. The van der Waals surface area contributed by atoms with Crippen LogP contribution in [0.3, 0.4) is 0 Å². The molecule has 294 valence electrons. The summed E-state index contributed by atoms with van der Waals surface area (Å²) < 4.78 is 13.8. The second-order valence-corrected chi connectivity index (χ2v) is 19.4. The lowest BCUT2D eigenvalue weighted by Crippen LogP contribution is -2.57. The van der Waals surface area contributed by atoms with Crippen molar-refractivity contribution < 1.29 is 9.15 Å². The minimum atomic E-state index is -0.291. The zero-order chi connectivity index (χ0) is 41.5. The SMILES string of the molecule is CC1=C(c2cc3c(cc2C)C(C)(C)c2ccccc2-3)Oc2cccc3c2B1c1ccc(N(c2ccc(C(C)(C)C)cc2)c2cccc4c2oc2ccccc24)cc1C3(C)C. The first-order chi connectivity index (χ1) is 28.7. The van der Waals surface area contributed by atoms with Gasteiger partial charge >= 0.3 is 0 Å². The predicted octanol–water partition coefficient (Wildman–Crippen LogP) is 13.6. The molecule has 4 heteroatoms. The van der Waals surface area contributed by atoms with Crippen molar-refractivity contribution in [1.29, 1.82) is 0 Å². The van der Waals surface area contributed by atoms with Gasteiger partial charge in [0, 0.05) is 38.5 Å². The van der Waals surface area contributed by atoms with Crippen molar-refractivity contribution in [1.82, 2.24) is 0 Å². The summed E-state index contributed by atoms with van der Waals surface area (Å²) in [6.07, 6.45) is 0. The number of allylic oxidation sites excluding steroid dienone is 1. The van der Waals surface area contributed by atoms with Crippen LogP contribution in [0.15, 0.2) is 149 Å². The van der Waals surface area contributed by atoms with E-state index in [9.17, 15) is 0 Å². The van der Waals surface area contributed by atoms with Gasteiger partial charge in [0.2, 0.25) is 6.71 Å². The smallest absolute Gasteiger partial charge is 0.246 e. The Balaban J connectivity index is 1.11. The average molecular weight is 780 g/mol. The average Bonchev–Trinajstić information content (AvgIpc) is 3.72. The predicted molar refractivity (Wildman–Crippen MR) is 253 cm³/mol. The number of ether oxygens (including phenoxy) is 1.